The Bertz CT molecular complexity index is 949. The summed E-state index contributed by atoms with van der Waals surface area (Å²) in [6, 6.07) is 7.52. The number of amides is 2. The first kappa shape index (κ1) is 32.3. The van der Waals surface area contributed by atoms with Crippen molar-refractivity contribution < 1.29 is 14.3 Å². The number of unbranched alkanes of at least 4 members (excludes halogenated alkanes) is 1. The Kier molecular flexibility index (Phi) is 13.5. The van der Waals surface area contributed by atoms with Gasteiger partial charge in [0.2, 0.25) is 11.8 Å². The monoisotopic (exact) mass is 515 g/mol. The summed E-state index contributed by atoms with van der Waals surface area (Å²) in [5.74, 6) is 0.668. The predicted molar refractivity (Wildman–Crippen MR) is 151 cm³/mol. The van der Waals surface area contributed by atoms with E-state index >= 15 is 0 Å². The highest BCUT2D eigenvalue weighted by Gasteiger charge is 2.26. The first-order valence-electron chi connectivity index (χ1n) is 13.5. The zero-order valence-electron chi connectivity index (χ0n) is 24.5. The topological polar surface area (TPSA) is 98.1 Å². The number of hydrogen-bond acceptors (Lipinski definition) is 5. The molecule has 2 rings (SSSR count). The van der Waals surface area contributed by atoms with Gasteiger partial charge in [-0.2, -0.15) is 0 Å². The van der Waals surface area contributed by atoms with Gasteiger partial charge in [0, 0.05) is 43.1 Å². The molecule has 1 heterocycles. The lowest BCUT2D eigenvalue weighted by Crippen LogP contribution is -2.42. The minimum absolute atomic E-state index is 0.0879. The van der Waals surface area contributed by atoms with Gasteiger partial charge in [0.1, 0.15) is 5.69 Å². The third-order valence-corrected chi connectivity index (χ3v) is 5.63. The molecular weight excluding hydrogens is 466 g/mol. The maximum absolute atomic E-state index is 12.2. The van der Waals surface area contributed by atoms with Crippen LogP contribution in [0.25, 0.3) is 11.3 Å². The fourth-order valence-electron chi connectivity index (χ4n) is 3.60. The number of nitrogens with zero attached hydrogens (tertiary/aromatic N) is 3. The van der Waals surface area contributed by atoms with E-state index in [0.29, 0.717) is 32.0 Å². The molecule has 0 bridgehead atoms. The Morgan fingerprint density at radius 3 is 2.30 bits per heavy atom. The van der Waals surface area contributed by atoms with Crippen molar-refractivity contribution in [1.29, 1.82) is 0 Å². The van der Waals surface area contributed by atoms with Gasteiger partial charge in [-0.3, -0.25) is 14.3 Å². The summed E-state index contributed by atoms with van der Waals surface area (Å²) < 4.78 is 8.03. The van der Waals surface area contributed by atoms with Crippen LogP contribution in [0.4, 0.5) is 5.69 Å². The zero-order valence-corrected chi connectivity index (χ0v) is 24.5. The van der Waals surface area contributed by atoms with Crippen molar-refractivity contribution in [3.8, 4) is 11.3 Å². The molecule has 0 fully saturated rings. The van der Waals surface area contributed by atoms with Crippen molar-refractivity contribution in [2.24, 2.45) is 11.3 Å². The summed E-state index contributed by atoms with van der Waals surface area (Å²) in [5, 5.41) is 14.4. The van der Waals surface area contributed by atoms with Crippen LogP contribution in [0.15, 0.2) is 30.5 Å². The van der Waals surface area contributed by atoms with Gasteiger partial charge >= 0.3 is 0 Å². The molecular formula is C29H49N5O3. The predicted octanol–water partition coefficient (Wildman–Crippen LogP) is 6.08. The third-order valence-electron chi connectivity index (χ3n) is 5.63. The molecule has 0 radical (unpaired) electrons. The Hall–Kier alpha value is -2.74. The summed E-state index contributed by atoms with van der Waals surface area (Å²) in [7, 11) is 0. The standard InChI is InChI=1S/C27H43N5O3.C2H6/c1-20(2)10-8-9-11-25(34)28-17-27(6,7)35-19-26(4,5)18-32-16-24(30-31-32)22-12-14-23(15-13-22)29-21(3)33;1-2/h12-16,20H,8-11,17-19H2,1-7H3,(H,28,34)(H,29,33);1-2H3. The van der Waals surface area contributed by atoms with Gasteiger partial charge in [0.15, 0.2) is 0 Å². The maximum Gasteiger partial charge on any atom is 0.221 e. The molecule has 0 aliphatic rings. The molecule has 2 amide bonds. The van der Waals surface area contributed by atoms with Gasteiger partial charge in [-0.25, -0.2) is 0 Å². The second-order valence-electron chi connectivity index (χ2n) is 11.2. The molecule has 0 spiro atoms. The average Bonchev–Trinajstić information content (AvgIpc) is 3.28. The molecule has 0 atom stereocenters. The molecule has 2 N–H and O–H groups in total. The number of nitrogens with one attached hydrogen (secondary N) is 2. The largest absolute Gasteiger partial charge is 0.373 e. The highest BCUT2D eigenvalue weighted by atomic mass is 16.5. The van der Waals surface area contributed by atoms with E-state index < -0.39 is 5.60 Å². The number of ether oxygens (including phenoxy) is 1. The van der Waals surface area contributed by atoms with Crippen molar-refractivity contribution in [3.63, 3.8) is 0 Å². The molecule has 208 valence electrons. The molecule has 8 heteroatoms. The molecule has 2 aromatic rings. The van der Waals surface area contributed by atoms with Crippen LogP contribution in [-0.2, 0) is 20.9 Å². The van der Waals surface area contributed by atoms with Crippen LogP contribution in [0.2, 0.25) is 0 Å². The summed E-state index contributed by atoms with van der Waals surface area (Å²) in [6.07, 6.45) is 5.66. The number of anilines is 1. The first-order chi connectivity index (χ1) is 17.3. The van der Waals surface area contributed by atoms with E-state index in [9.17, 15) is 9.59 Å². The molecule has 37 heavy (non-hydrogen) atoms. The van der Waals surface area contributed by atoms with E-state index in [4.69, 9.17) is 4.74 Å². The lowest BCUT2D eigenvalue weighted by Gasteiger charge is -2.32. The second kappa shape index (κ2) is 15.5. The fraction of sp³-hybridized carbons (Fsp3) is 0.655. The van der Waals surface area contributed by atoms with Gasteiger partial charge < -0.3 is 15.4 Å². The molecule has 0 aliphatic carbocycles. The smallest absolute Gasteiger partial charge is 0.221 e. The van der Waals surface area contributed by atoms with E-state index in [2.05, 4.69) is 48.6 Å². The minimum atomic E-state index is -0.464. The highest BCUT2D eigenvalue weighted by Crippen LogP contribution is 2.24. The lowest BCUT2D eigenvalue weighted by atomic mass is 9.94. The van der Waals surface area contributed by atoms with E-state index in [1.165, 1.54) is 6.92 Å². The Balaban J connectivity index is 0.00000334. The van der Waals surface area contributed by atoms with Crippen LogP contribution in [-0.4, -0.2) is 45.6 Å². The highest BCUT2D eigenvalue weighted by molar-refractivity contribution is 5.88. The van der Waals surface area contributed by atoms with Crippen molar-refractivity contribution in [2.45, 2.75) is 100 Å². The Morgan fingerprint density at radius 2 is 1.70 bits per heavy atom. The van der Waals surface area contributed by atoms with Gasteiger partial charge in [-0.15, -0.1) is 5.10 Å². The number of hydrogen-bond donors (Lipinski definition) is 2. The molecule has 0 aliphatic heterocycles. The molecule has 0 saturated carbocycles. The van der Waals surface area contributed by atoms with E-state index in [-0.39, 0.29) is 17.2 Å². The number of carbonyl (C=O) groups is 2. The number of rotatable bonds is 14. The summed E-state index contributed by atoms with van der Waals surface area (Å²) in [5.41, 5.74) is 1.80. The van der Waals surface area contributed by atoms with Gasteiger partial charge in [-0.1, -0.05) is 71.7 Å². The summed E-state index contributed by atoms with van der Waals surface area (Å²) >= 11 is 0. The lowest BCUT2D eigenvalue weighted by molar-refractivity contribution is -0.123. The molecule has 1 aromatic carbocycles. The number of aromatic nitrogens is 3. The molecule has 1 aromatic heterocycles. The minimum Gasteiger partial charge on any atom is -0.373 e. The molecule has 0 saturated heterocycles. The van der Waals surface area contributed by atoms with Crippen molar-refractivity contribution in [3.05, 3.63) is 30.5 Å². The van der Waals surface area contributed by atoms with Crippen LogP contribution >= 0.6 is 0 Å². The van der Waals surface area contributed by atoms with Crippen LogP contribution < -0.4 is 10.6 Å². The van der Waals surface area contributed by atoms with Crippen molar-refractivity contribution >= 4 is 17.5 Å². The normalized spacial score (nSPS) is 11.6. The van der Waals surface area contributed by atoms with E-state index in [1.54, 1.807) is 0 Å². The van der Waals surface area contributed by atoms with Crippen molar-refractivity contribution in [2.75, 3.05) is 18.5 Å². The second-order valence-corrected chi connectivity index (χ2v) is 11.2. The van der Waals surface area contributed by atoms with Crippen molar-refractivity contribution in [1.82, 2.24) is 20.3 Å². The maximum atomic E-state index is 12.2. The van der Waals surface area contributed by atoms with Gasteiger partial charge in [-0.05, 0) is 38.3 Å². The van der Waals surface area contributed by atoms with Crippen LogP contribution in [0.5, 0.6) is 0 Å². The van der Waals surface area contributed by atoms with Gasteiger partial charge in [0.25, 0.3) is 0 Å². The summed E-state index contributed by atoms with van der Waals surface area (Å²) in [4.78, 5) is 23.3. The SMILES string of the molecule is CC.CC(=O)Nc1ccc(-c2cn(CC(C)(C)COC(C)(C)CNC(=O)CCCCC(C)C)nn2)cc1. The molecule has 0 unspecified atom stereocenters. The third kappa shape index (κ3) is 13.4. The number of benzene rings is 1. The van der Waals surface area contributed by atoms with Crippen LogP contribution in [0.3, 0.4) is 0 Å². The average molecular weight is 516 g/mol. The van der Waals surface area contributed by atoms with Crippen LogP contribution in [0, 0.1) is 11.3 Å². The van der Waals surface area contributed by atoms with Crippen LogP contribution in [0.1, 0.15) is 88.0 Å². The Morgan fingerprint density at radius 1 is 1.05 bits per heavy atom. The van der Waals surface area contributed by atoms with E-state index in [1.807, 2.05) is 62.8 Å². The first-order valence-corrected chi connectivity index (χ1v) is 13.5. The van der Waals surface area contributed by atoms with E-state index in [0.717, 1.165) is 36.2 Å². The number of carbonyl (C=O) groups excluding carboxylic acids is 2. The van der Waals surface area contributed by atoms with Gasteiger partial charge in [0.05, 0.1) is 18.4 Å². The quantitative estimate of drug-likeness (QED) is 0.297. The zero-order chi connectivity index (χ0) is 28.1. The summed E-state index contributed by atoms with van der Waals surface area (Å²) in [6.45, 7) is 19.8. The fourth-order valence-corrected chi connectivity index (χ4v) is 3.60. The molecule has 8 nitrogen and oxygen atoms in total. The Labute approximate surface area is 223 Å².